The molecule has 0 bridgehead atoms. The van der Waals surface area contributed by atoms with Gasteiger partial charge in [-0.3, -0.25) is 0 Å². The lowest BCUT2D eigenvalue weighted by molar-refractivity contribution is -0.278. The third-order valence-electron chi connectivity index (χ3n) is 1.68. The highest BCUT2D eigenvalue weighted by atomic mass is 127. The van der Waals surface area contributed by atoms with Gasteiger partial charge in [-0.15, -0.1) is 13.2 Å². The van der Waals surface area contributed by atoms with E-state index in [4.69, 9.17) is 0 Å². The lowest BCUT2D eigenvalue weighted by Gasteiger charge is -2.15. The Hall–Kier alpha value is -0.260. The van der Waals surface area contributed by atoms with E-state index in [0.29, 0.717) is 6.07 Å². The fourth-order valence-electron chi connectivity index (χ4n) is 1.00. The van der Waals surface area contributed by atoms with Crippen LogP contribution in [0.25, 0.3) is 0 Å². The predicted molar refractivity (Wildman–Crippen MR) is 61.3 cm³/mol. The summed E-state index contributed by atoms with van der Waals surface area (Å²) in [5, 5.41) is 0.0354. The maximum Gasteiger partial charge on any atom is 0.574 e. The number of hydrogen-bond acceptors (Lipinski definition) is 2. The second-order valence-corrected chi connectivity index (χ2v) is 4.55. The average molecular weight is 450 g/mol. The first kappa shape index (κ1) is 15.8. The molecule has 10 heteroatoms. The van der Waals surface area contributed by atoms with Gasteiger partial charge in [0.2, 0.25) is 5.88 Å². The fourth-order valence-corrected chi connectivity index (χ4v) is 2.52. The van der Waals surface area contributed by atoms with E-state index >= 15 is 0 Å². The Kier molecular flexibility index (Phi) is 4.73. The number of hydrogen-bond donors (Lipinski definition) is 0. The summed E-state index contributed by atoms with van der Waals surface area (Å²) in [5.41, 5.74) is -1.44. The Morgan fingerprint density at radius 3 is 2.17 bits per heavy atom. The number of halogens is 8. The van der Waals surface area contributed by atoms with Crippen LogP contribution in [0.15, 0.2) is 6.07 Å². The minimum Gasteiger partial charge on any atom is -0.387 e. The Bertz CT molecular complexity index is 446. The molecule has 0 fully saturated rings. The van der Waals surface area contributed by atoms with Crippen molar-refractivity contribution in [3.8, 4) is 5.88 Å². The molecule has 0 N–H and O–H groups in total. The van der Waals surface area contributed by atoms with Gasteiger partial charge in [0, 0.05) is 5.33 Å². The smallest absolute Gasteiger partial charge is 0.387 e. The number of ether oxygens (including phenoxy) is 1. The highest BCUT2D eigenvalue weighted by Gasteiger charge is 2.41. The Morgan fingerprint density at radius 2 is 1.78 bits per heavy atom. The van der Waals surface area contributed by atoms with Crippen molar-refractivity contribution in [3.05, 3.63) is 20.9 Å². The molecule has 0 radical (unpaired) electrons. The number of aromatic nitrogens is 1. The monoisotopic (exact) mass is 449 g/mol. The second kappa shape index (κ2) is 5.39. The quantitative estimate of drug-likeness (QED) is 0.287. The van der Waals surface area contributed by atoms with Crippen molar-refractivity contribution in [2.45, 2.75) is 17.9 Å². The minimum atomic E-state index is -5.23. The van der Waals surface area contributed by atoms with Crippen molar-refractivity contribution in [2.24, 2.45) is 0 Å². The molecule has 102 valence electrons. The molecule has 1 aromatic rings. The maximum absolute atomic E-state index is 12.6. The molecule has 1 heterocycles. The maximum atomic E-state index is 12.6. The molecule has 18 heavy (non-hydrogen) atoms. The molecule has 0 spiro atoms. The Balaban J connectivity index is 3.35. The van der Waals surface area contributed by atoms with Gasteiger partial charge in [0.25, 0.3) is 0 Å². The molecule has 0 aliphatic rings. The second-order valence-electron chi connectivity index (χ2n) is 2.97. The van der Waals surface area contributed by atoms with Gasteiger partial charge < -0.3 is 4.74 Å². The first-order chi connectivity index (χ1) is 8.04. The van der Waals surface area contributed by atoms with E-state index in [1.54, 1.807) is 0 Å². The summed E-state index contributed by atoms with van der Waals surface area (Å²) in [6, 6.07) is 0.574. The van der Waals surface area contributed by atoms with Gasteiger partial charge in [-0.05, 0) is 34.2 Å². The molecular weight excluding hydrogens is 447 g/mol. The highest BCUT2D eigenvalue weighted by molar-refractivity contribution is 14.1. The Morgan fingerprint density at radius 1 is 1.22 bits per heavy atom. The lowest BCUT2D eigenvalue weighted by atomic mass is 10.2. The van der Waals surface area contributed by atoms with Crippen molar-refractivity contribution in [2.75, 3.05) is 0 Å². The zero-order valence-corrected chi connectivity index (χ0v) is 11.9. The third-order valence-corrected chi connectivity index (χ3v) is 3.21. The van der Waals surface area contributed by atoms with Crippen LogP contribution in [0.5, 0.6) is 5.88 Å². The van der Waals surface area contributed by atoms with E-state index in [1.807, 2.05) is 0 Å². The molecule has 0 unspecified atom stereocenters. The van der Waals surface area contributed by atoms with E-state index in [1.165, 1.54) is 22.6 Å². The van der Waals surface area contributed by atoms with Crippen LogP contribution in [0.3, 0.4) is 0 Å². The van der Waals surface area contributed by atoms with Gasteiger partial charge in [-0.1, -0.05) is 15.9 Å². The molecule has 0 saturated carbocycles. The molecule has 0 atom stereocenters. The summed E-state index contributed by atoms with van der Waals surface area (Å²) in [6.45, 7) is 0. The molecule has 0 amide bonds. The largest absolute Gasteiger partial charge is 0.574 e. The van der Waals surface area contributed by atoms with Crippen LogP contribution in [-0.4, -0.2) is 11.3 Å². The number of pyridine rings is 1. The molecule has 1 rings (SSSR count). The van der Waals surface area contributed by atoms with Gasteiger partial charge >= 0.3 is 12.5 Å². The van der Waals surface area contributed by atoms with Crippen LogP contribution in [0.2, 0.25) is 0 Å². The highest BCUT2D eigenvalue weighted by Crippen LogP contribution is 2.38. The van der Waals surface area contributed by atoms with Crippen LogP contribution in [0.4, 0.5) is 26.3 Å². The molecule has 2 nitrogen and oxygen atoms in total. The molecule has 0 aliphatic heterocycles. The predicted octanol–water partition coefficient (Wildman–Crippen LogP) is 4.50. The van der Waals surface area contributed by atoms with Crippen LogP contribution < -0.4 is 4.74 Å². The summed E-state index contributed by atoms with van der Waals surface area (Å²) < 4.78 is 76.9. The van der Waals surface area contributed by atoms with Gasteiger partial charge in [0.05, 0.1) is 0 Å². The van der Waals surface area contributed by atoms with Crippen molar-refractivity contribution in [1.82, 2.24) is 4.98 Å². The van der Waals surface area contributed by atoms with Gasteiger partial charge in [-0.2, -0.15) is 13.2 Å². The van der Waals surface area contributed by atoms with E-state index in [-0.39, 0.29) is 14.6 Å². The first-order valence-corrected chi connectivity index (χ1v) is 6.33. The zero-order valence-electron chi connectivity index (χ0n) is 8.16. The van der Waals surface area contributed by atoms with E-state index in [2.05, 4.69) is 25.7 Å². The van der Waals surface area contributed by atoms with E-state index in [9.17, 15) is 26.3 Å². The van der Waals surface area contributed by atoms with Gasteiger partial charge in [0.1, 0.15) is 9.26 Å². The standard InChI is InChI=1S/C8H3BrF6INO/c9-2-3-1-4(7(10,11)12)6(17-5(3)16)18-8(13,14)15/h1H,2H2. The topological polar surface area (TPSA) is 22.1 Å². The first-order valence-electron chi connectivity index (χ1n) is 4.13. The lowest BCUT2D eigenvalue weighted by Crippen LogP contribution is -2.21. The minimum absolute atomic E-state index is 0.00303. The molecule has 0 saturated heterocycles. The molecule has 0 aromatic carbocycles. The van der Waals surface area contributed by atoms with Crippen LogP contribution in [-0.2, 0) is 11.5 Å². The molecular formula is C8H3BrF6INO. The van der Waals surface area contributed by atoms with Gasteiger partial charge in [0.15, 0.2) is 0 Å². The average Bonchev–Trinajstić information content (AvgIpc) is 2.13. The molecule has 0 aliphatic carbocycles. The number of nitrogens with zero attached hydrogens (tertiary/aromatic N) is 1. The van der Waals surface area contributed by atoms with Crippen molar-refractivity contribution < 1.29 is 31.1 Å². The van der Waals surface area contributed by atoms with Gasteiger partial charge in [-0.25, -0.2) is 4.98 Å². The number of rotatable bonds is 2. The normalized spacial score (nSPS) is 12.7. The Labute approximate surface area is 119 Å². The number of alkyl halides is 7. The SMILES string of the molecule is FC(F)(F)Oc1nc(I)c(CBr)cc1C(F)(F)F. The summed E-state index contributed by atoms with van der Waals surface area (Å²) in [6.07, 6.45) is -10.2. The third kappa shape index (κ3) is 4.14. The van der Waals surface area contributed by atoms with E-state index < -0.39 is 24.0 Å². The zero-order chi connectivity index (χ0) is 14.1. The van der Waals surface area contributed by atoms with E-state index in [0.717, 1.165) is 0 Å². The molecule has 1 aromatic heterocycles. The summed E-state index contributed by atoms with van der Waals surface area (Å²) >= 11 is 4.45. The summed E-state index contributed by atoms with van der Waals surface area (Å²) in [4.78, 5) is 3.19. The summed E-state index contributed by atoms with van der Waals surface area (Å²) in [7, 11) is 0. The van der Waals surface area contributed by atoms with Crippen molar-refractivity contribution >= 4 is 38.5 Å². The summed E-state index contributed by atoms with van der Waals surface area (Å²) in [5.74, 6) is -1.50. The van der Waals surface area contributed by atoms with Crippen molar-refractivity contribution in [3.63, 3.8) is 0 Å². The van der Waals surface area contributed by atoms with Crippen molar-refractivity contribution in [1.29, 1.82) is 0 Å². The van der Waals surface area contributed by atoms with Crippen LogP contribution in [0.1, 0.15) is 11.1 Å². The van der Waals surface area contributed by atoms with Crippen LogP contribution >= 0.6 is 38.5 Å². The van der Waals surface area contributed by atoms with Crippen LogP contribution in [0, 0.1) is 3.70 Å². The fraction of sp³-hybridized carbons (Fsp3) is 0.375.